The fraction of sp³-hybridized carbons (Fsp3) is 0.188. The molecule has 22 heavy (non-hydrogen) atoms. The van der Waals surface area contributed by atoms with Gasteiger partial charge in [0.25, 0.3) is 5.91 Å². The van der Waals surface area contributed by atoms with Crippen molar-refractivity contribution in [3.05, 3.63) is 62.3 Å². The molecular formula is C16H14Br2FNO2. The molecule has 0 aromatic heterocycles. The van der Waals surface area contributed by atoms with Crippen LogP contribution < -0.4 is 4.74 Å². The summed E-state index contributed by atoms with van der Waals surface area (Å²) < 4.78 is 20.7. The minimum Gasteiger partial charge on any atom is -0.496 e. The molecule has 2 aromatic rings. The summed E-state index contributed by atoms with van der Waals surface area (Å²) in [7, 11) is 3.20. The van der Waals surface area contributed by atoms with Gasteiger partial charge in [-0.25, -0.2) is 4.39 Å². The lowest BCUT2D eigenvalue weighted by Gasteiger charge is -2.19. The second-order valence-electron chi connectivity index (χ2n) is 4.74. The van der Waals surface area contributed by atoms with Gasteiger partial charge in [0.1, 0.15) is 11.6 Å². The van der Waals surface area contributed by atoms with E-state index in [0.717, 1.165) is 10.0 Å². The number of hydrogen-bond acceptors (Lipinski definition) is 2. The molecule has 1 amide bonds. The Hall–Kier alpha value is -1.40. The molecule has 0 bridgehead atoms. The monoisotopic (exact) mass is 429 g/mol. The van der Waals surface area contributed by atoms with Crippen LogP contribution in [0.3, 0.4) is 0 Å². The molecule has 0 fully saturated rings. The van der Waals surface area contributed by atoms with Crippen LogP contribution in [0.25, 0.3) is 0 Å². The number of methoxy groups -OCH3 is 1. The molecule has 0 aliphatic rings. The van der Waals surface area contributed by atoms with Gasteiger partial charge in [0.15, 0.2) is 0 Å². The summed E-state index contributed by atoms with van der Waals surface area (Å²) in [4.78, 5) is 13.8. The van der Waals surface area contributed by atoms with Crippen molar-refractivity contribution in [3.8, 4) is 5.75 Å². The van der Waals surface area contributed by atoms with Crippen LogP contribution in [0.5, 0.6) is 5.75 Å². The summed E-state index contributed by atoms with van der Waals surface area (Å²) in [6.45, 7) is 0.316. The Bertz CT molecular complexity index is 707. The number of nitrogens with zero attached hydrogens (tertiary/aromatic N) is 1. The van der Waals surface area contributed by atoms with Crippen molar-refractivity contribution in [1.29, 1.82) is 0 Å². The van der Waals surface area contributed by atoms with Crippen LogP contribution in [-0.4, -0.2) is 25.0 Å². The van der Waals surface area contributed by atoms with Gasteiger partial charge in [-0.15, -0.1) is 0 Å². The van der Waals surface area contributed by atoms with Crippen molar-refractivity contribution < 1.29 is 13.9 Å². The first-order chi connectivity index (χ1) is 10.4. The second-order valence-corrected chi connectivity index (χ2v) is 6.57. The Morgan fingerprint density at radius 2 is 1.82 bits per heavy atom. The number of halogens is 3. The summed E-state index contributed by atoms with van der Waals surface area (Å²) in [5.41, 5.74) is 0.880. The van der Waals surface area contributed by atoms with Crippen LogP contribution in [-0.2, 0) is 6.54 Å². The highest BCUT2D eigenvalue weighted by molar-refractivity contribution is 9.10. The number of benzene rings is 2. The molecule has 2 rings (SSSR count). The summed E-state index contributed by atoms with van der Waals surface area (Å²) in [5.74, 6) is -0.251. The Balaban J connectivity index is 2.23. The molecule has 0 aliphatic carbocycles. The van der Waals surface area contributed by atoms with Gasteiger partial charge in [0.05, 0.1) is 12.7 Å². The number of carbonyl (C=O) groups is 1. The summed E-state index contributed by atoms with van der Waals surface area (Å²) >= 11 is 6.57. The van der Waals surface area contributed by atoms with E-state index in [9.17, 15) is 9.18 Å². The zero-order chi connectivity index (χ0) is 16.3. The molecule has 0 spiro atoms. The first-order valence-electron chi connectivity index (χ1n) is 6.45. The minimum atomic E-state index is -0.549. The van der Waals surface area contributed by atoms with Crippen LogP contribution in [0, 0.1) is 5.82 Å². The van der Waals surface area contributed by atoms with E-state index in [2.05, 4.69) is 31.9 Å². The first kappa shape index (κ1) is 17.0. The maximum Gasteiger partial charge on any atom is 0.256 e. The topological polar surface area (TPSA) is 29.5 Å². The number of amides is 1. The number of carbonyl (C=O) groups excluding carboxylic acids is 1. The van der Waals surface area contributed by atoms with Crippen molar-refractivity contribution in [3.63, 3.8) is 0 Å². The predicted octanol–water partition coefficient (Wildman–Crippen LogP) is 4.63. The molecule has 0 unspecified atom stereocenters. The molecule has 0 atom stereocenters. The van der Waals surface area contributed by atoms with E-state index in [0.29, 0.717) is 16.8 Å². The third-order valence-corrected chi connectivity index (χ3v) is 4.14. The molecule has 116 valence electrons. The van der Waals surface area contributed by atoms with Gasteiger partial charge in [0.2, 0.25) is 0 Å². The van der Waals surface area contributed by atoms with Crippen molar-refractivity contribution in [2.45, 2.75) is 6.54 Å². The van der Waals surface area contributed by atoms with Crippen LogP contribution in [0.4, 0.5) is 4.39 Å². The fourth-order valence-corrected chi connectivity index (χ4v) is 2.81. The van der Waals surface area contributed by atoms with Crippen molar-refractivity contribution >= 4 is 37.8 Å². The van der Waals surface area contributed by atoms with Crippen molar-refractivity contribution in [2.24, 2.45) is 0 Å². The van der Waals surface area contributed by atoms with E-state index < -0.39 is 5.82 Å². The molecule has 0 saturated heterocycles. The Morgan fingerprint density at radius 1 is 1.18 bits per heavy atom. The summed E-state index contributed by atoms with van der Waals surface area (Å²) in [6.07, 6.45) is 0. The minimum absolute atomic E-state index is 0.0414. The quantitative estimate of drug-likeness (QED) is 0.707. The van der Waals surface area contributed by atoms with Crippen LogP contribution in [0.15, 0.2) is 45.3 Å². The van der Waals surface area contributed by atoms with Crippen LogP contribution in [0.2, 0.25) is 0 Å². The highest BCUT2D eigenvalue weighted by atomic mass is 79.9. The van der Waals surface area contributed by atoms with Crippen LogP contribution in [0.1, 0.15) is 15.9 Å². The average Bonchev–Trinajstić information content (AvgIpc) is 2.47. The van der Waals surface area contributed by atoms with E-state index in [1.807, 2.05) is 18.2 Å². The van der Waals surface area contributed by atoms with E-state index in [4.69, 9.17) is 4.74 Å². The first-order valence-corrected chi connectivity index (χ1v) is 8.04. The number of hydrogen-bond donors (Lipinski definition) is 0. The van der Waals surface area contributed by atoms with Gasteiger partial charge in [-0.3, -0.25) is 4.79 Å². The Labute approximate surface area is 145 Å². The van der Waals surface area contributed by atoms with E-state index in [1.165, 1.54) is 17.0 Å². The van der Waals surface area contributed by atoms with Crippen LogP contribution >= 0.6 is 31.9 Å². The lowest BCUT2D eigenvalue weighted by atomic mass is 10.1. The van der Waals surface area contributed by atoms with E-state index in [1.54, 1.807) is 20.2 Å². The maximum atomic E-state index is 13.9. The van der Waals surface area contributed by atoms with Gasteiger partial charge < -0.3 is 9.64 Å². The van der Waals surface area contributed by atoms with Gasteiger partial charge in [-0.2, -0.15) is 0 Å². The normalized spacial score (nSPS) is 10.4. The maximum absolute atomic E-state index is 13.9. The molecule has 0 N–H and O–H groups in total. The SMILES string of the molecule is COc1ccc(Br)cc1CN(C)C(=O)c1ccc(Br)cc1F. The number of rotatable bonds is 4. The smallest absolute Gasteiger partial charge is 0.256 e. The summed E-state index contributed by atoms with van der Waals surface area (Å²) in [6, 6.07) is 9.94. The van der Waals surface area contributed by atoms with E-state index in [-0.39, 0.29) is 11.5 Å². The zero-order valence-electron chi connectivity index (χ0n) is 12.1. The molecule has 6 heteroatoms. The number of ether oxygens (including phenoxy) is 1. The Kier molecular flexibility index (Phi) is 5.58. The van der Waals surface area contributed by atoms with Gasteiger partial charge in [-0.1, -0.05) is 31.9 Å². The Morgan fingerprint density at radius 3 is 2.45 bits per heavy atom. The highest BCUT2D eigenvalue weighted by Gasteiger charge is 2.18. The highest BCUT2D eigenvalue weighted by Crippen LogP contribution is 2.25. The predicted molar refractivity (Wildman–Crippen MR) is 90.6 cm³/mol. The van der Waals surface area contributed by atoms with Gasteiger partial charge >= 0.3 is 0 Å². The summed E-state index contributed by atoms with van der Waals surface area (Å²) in [5, 5.41) is 0. The molecule has 0 radical (unpaired) electrons. The molecule has 0 heterocycles. The third kappa shape index (κ3) is 3.87. The molecule has 2 aromatic carbocycles. The van der Waals surface area contributed by atoms with Gasteiger partial charge in [0, 0.05) is 28.1 Å². The lowest BCUT2D eigenvalue weighted by Crippen LogP contribution is -2.27. The second kappa shape index (κ2) is 7.24. The molecular weight excluding hydrogens is 417 g/mol. The molecule has 0 aliphatic heterocycles. The molecule has 0 saturated carbocycles. The fourth-order valence-electron chi connectivity index (χ4n) is 2.07. The van der Waals surface area contributed by atoms with Gasteiger partial charge in [-0.05, 0) is 36.4 Å². The molecule has 3 nitrogen and oxygen atoms in total. The third-order valence-electron chi connectivity index (χ3n) is 3.16. The average molecular weight is 431 g/mol. The van der Waals surface area contributed by atoms with E-state index >= 15 is 0 Å². The van der Waals surface area contributed by atoms with Crippen molar-refractivity contribution in [2.75, 3.05) is 14.2 Å². The zero-order valence-corrected chi connectivity index (χ0v) is 15.2. The largest absolute Gasteiger partial charge is 0.496 e. The standard InChI is InChI=1S/C16H14Br2FNO2/c1-20(9-10-7-11(17)4-6-15(10)22-2)16(21)13-5-3-12(18)8-14(13)19/h3-8H,9H2,1-2H3. The van der Waals surface area contributed by atoms with Crippen molar-refractivity contribution in [1.82, 2.24) is 4.90 Å². The lowest BCUT2D eigenvalue weighted by molar-refractivity contribution is 0.0779.